The van der Waals surface area contributed by atoms with Crippen molar-refractivity contribution >= 4 is 17.2 Å². The zero-order chi connectivity index (χ0) is 22.7. The summed E-state index contributed by atoms with van der Waals surface area (Å²) < 4.78 is 0. The van der Waals surface area contributed by atoms with E-state index in [9.17, 15) is 0 Å². The van der Waals surface area contributed by atoms with Crippen molar-refractivity contribution in [3.8, 4) is 11.4 Å². The molecule has 0 aliphatic carbocycles. The van der Waals surface area contributed by atoms with E-state index in [0.29, 0.717) is 11.8 Å². The van der Waals surface area contributed by atoms with E-state index in [0.717, 1.165) is 28.5 Å². The van der Waals surface area contributed by atoms with Gasteiger partial charge < -0.3 is 9.80 Å². The van der Waals surface area contributed by atoms with Crippen molar-refractivity contribution in [3.05, 3.63) is 60.0 Å². The van der Waals surface area contributed by atoms with Gasteiger partial charge in [-0.3, -0.25) is 4.98 Å². The fraction of sp³-hybridized carbons (Fsp3) is 0.423. The van der Waals surface area contributed by atoms with E-state index >= 15 is 0 Å². The number of pyridine rings is 1. The molecule has 0 radical (unpaired) electrons. The summed E-state index contributed by atoms with van der Waals surface area (Å²) in [6, 6.07) is 10.7. The Kier molecular flexibility index (Phi) is 6.94. The number of fused-ring (bicyclic) bond motifs is 5. The van der Waals surface area contributed by atoms with Gasteiger partial charge in [0, 0.05) is 36.6 Å². The summed E-state index contributed by atoms with van der Waals surface area (Å²) in [5.41, 5.74) is 5.88. The smallest absolute Gasteiger partial charge is 0.162 e. The minimum Gasteiger partial charge on any atom is -0.337 e. The van der Waals surface area contributed by atoms with Crippen molar-refractivity contribution in [1.29, 1.82) is 0 Å². The van der Waals surface area contributed by atoms with Gasteiger partial charge in [0.15, 0.2) is 11.6 Å². The third-order valence-corrected chi connectivity index (χ3v) is 6.21. The lowest BCUT2D eigenvalue weighted by molar-refractivity contribution is 0.379. The highest BCUT2D eigenvalue weighted by molar-refractivity contribution is 5.84. The van der Waals surface area contributed by atoms with Crippen LogP contribution in [0.5, 0.6) is 0 Å². The second-order valence-corrected chi connectivity index (χ2v) is 7.69. The van der Waals surface area contributed by atoms with Gasteiger partial charge in [-0.1, -0.05) is 59.7 Å². The van der Waals surface area contributed by atoms with Crippen molar-refractivity contribution < 1.29 is 0 Å². The van der Waals surface area contributed by atoms with Gasteiger partial charge in [0.05, 0.1) is 6.20 Å². The SMILES string of the molecule is CC.CC.Cc1cnccc1-c1ncc2c(n1)N(C)C1C(C)C(C)c3ccccc3N21. The third-order valence-electron chi connectivity index (χ3n) is 6.21. The number of anilines is 3. The molecule has 0 N–H and O–H groups in total. The maximum absolute atomic E-state index is 4.97. The predicted molar refractivity (Wildman–Crippen MR) is 131 cm³/mol. The maximum Gasteiger partial charge on any atom is 0.162 e. The molecule has 1 aromatic carbocycles. The van der Waals surface area contributed by atoms with Crippen LogP contribution in [0.2, 0.25) is 0 Å². The Morgan fingerprint density at radius 2 is 1.61 bits per heavy atom. The molecular weight excluding hydrogens is 382 g/mol. The van der Waals surface area contributed by atoms with Crippen LogP contribution in [0.4, 0.5) is 17.2 Å². The quantitative estimate of drug-likeness (QED) is 0.448. The summed E-state index contributed by atoms with van der Waals surface area (Å²) in [6.45, 7) is 14.7. The highest BCUT2D eigenvalue weighted by Crippen LogP contribution is 2.52. The highest BCUT2D eigenvalue weighted by Gasteiger charge is 2.45. The Balaban J connectivity index is 0.000000645. The van der Waals surface area contributed by atoms with Crippen molar-refractivity contribution in [1.82, 2.24) is 15.0 Å². The standard InChI is InChI=1S/C22H23N5.2C2H6/c1-13-11-23-10-9-16(13)20-24-12-19-21(25-20)26(4)22-15(3)14(2)17-7-5-6-8-18(17)27(19)22;2*1-2/h5-12,14-15,22H,1-4H3;2*1-2H3. The van der Waals surface area contributed by atoms with Crippen LogP contribution in [0.3, 0.4) is 0 Å². The van der Waals surface area contributed by atoms with Crippen LogP contribution in [0, 0.1) is 12.8 Å². The predicted octanol–water partition coefficient (Wildman–Crippen LogP) is 6.57. The van der Waals surface area contributed by atoms with Gasteiger partial charge in [-0.2, -0.15) is 0 Å². The van der Waals surface area contributed by atoms with Crippen LogP contribution in [0.1, 0.15) is 58.6 Å². The molecular formula is C26H35N5. The summed E-state index contributed by atoms with van der Waals surface area (Å²) in [5.74, 6) is 2.73. The molecule has 164 valence electrons. The second-order valence-electron chi connectivity index (χ2n) is 7.69. The third kappa shape index (κ3) is 3.67. The molecule has 31 heavy (non-hydrogen) atoms. The molecule has 0 fully saturated rings. The molecule has 5 heteroatoms. The number of aryl methyl sites for hydroxylation is 1. The Hall–Kier alpha value is -2.95. The van der Waals surface area contributed by atoms with Gasteiger partial charge >= 0.3 is 0 Å². The fourth-order valence-corrected chi connectivity index (χ4v) is 4.58. The summed E-state index contributed by atoms with van der Waals surface area (Å²) in [6.07, 6.45) is 5.89. The van der Waals surface area contributed by atoms with Gasteiger partial charge in [-0.05, 0) is 36.1 Å². The second kappa shape index (κ2) is 9.46. The first-order valence-electron chi connectivity index (χ1n) is 11.5. The Bertz CT molecular complexity index is 1030. The first-order chi connectivity index (χ1) is 15.1. The molecule has 0 bridgehead atoms. The summed E-state index contributed by atoms with van der Waals surface area (Å²) >= 11 is 0. The van der Waals surface area contributed by atoms with E-state index in [1.807, 2.05) is 53.1 Å². The van der Waals surface area contributed by atoms with E-state index < -0.39 is 0 Å². The first kappa shape index (κ1) is 22.7. The number of hydrogen-bond acceptors (Lipinski definition) is 5. The largest absolute Gasteiger partial charge is 0.337 e. The molecule has 0 amide bonds. The average Bonchev–Trinajstić information content (AvgIpc) is 3.12. The lowest BCUT2D eigenvalue weighted by Crippen LogP contribution is -2.48. The number of rotatable bonds is 1. The van der Waals surface area contributed by atoms with E-state index in [4.69, 9.17) is 9.97 Å². The van der Waals surface area contributed by atoms with Crippen molar-refractivity contribution in [2.45, 2.75) is 60.5 Å². The average molecular weight is 418 g/mol. The van der Waals surface area contributed by atoms with E-state index in [2.05, 4.69) is 59.9 Å². The topological polar surface area (TPSA) is 45.2 Å². The molecule has 2 aliphatic rings. The van der Waals surface area contributed by atoms with E-state index in [1.54, 1.807) is 6.20 Å². The summed E-state index contributed by atoms with van der Waals surface area (Å²) in [5, 5.41) is 0. The van der Waals surface area contributed by atoms with Crippen molar-refractivity contribution in [2.75, 3.05) is 16.8 Å². The lowest BCUT2D eigenvalue weighted by atomic mass is 9.81. The van der Waals surface area contributed by atoms with Crippen LogP contribution < -0.4 is 9.80 Å². The zero-order valence-corrected chi connectivity index (χ0v) is 20.1. The Morgan fingerprint density at radius 3 is 2.32 bits per heavy atom. The van der Waals surface area contributed by atoms with Crippen LogP contribution >= 0.6 is 0 Å². The fourth-order valence-electron chi connectivity index (χ4n) is 4.58. The number of aromatic nitrogens is 3. The first-order valence-corrected chi connectivity index (χ1v) is 11.5. The highest BCUT2D eigenvalue weighted by atomic mass is 15.4. The zero-order valence-electron chi connectivity index (χ0n) is 20.1. The van der Waals surface area contributed by atoms with Gasteiger partial charge in [0.25, 0.3) is 0 Å². The molecule has 4 heterocycles. The lowest BCUT2D eigenvalue weighted by Gasteiger charge is -2.43. The molecule has 0 spiro atoms. The minimum absolute atomic E-state index is 0.257. The van der Waals surface area contributed by atoms with Gasteiger partial charge in [-0.15, -0.1) is 0 Å². The van der Waals surface area contributed by atoms with E-state index in [1.165, 1.54) is 11.3 Å². The molecule has 3 atom stereocenters. The summed E-state index contributed by atoms with van der Waals surface area (Å²) in [4.78, 5) is 18.6. The van der Waals surface area contributed by atoms with Gasteiger partial charge in [0.1, 0.15) is 11.9 Å². The van der Waals surface area contributed by atoms with Gasteiger partial charge in [-0.25, -0.2) is 9.97 Å². The maximum atomic E-state index is 4.97. The monoisotopic (exact) mass is 417 g/mol. The van der Waals surface area contributed by atoms with Crippen LogP contribution in [0.25, 0.3) is 11.4 Å². The van der Waals surface area contributed by atoms with Crippen molar-refractivity contribution in [3.63, 3.8) is 0 Å². The molecule has 0 saturated heterocycles. The van der Waals surface area contributed by atoms with Crippen LogP contribution in [-0.2, 0) is 0 Å². The normalized spacial score (nSPS) is 20.5. The Morgan fingerprint density at radius 1 is 0.903 bits per heavy atom. The minimum atomic E-state index is 0.257. The number of nitrogens with zero attached hydrogens (tertiary/aromatic N) is 5. The van der Waals surface area contributed by atoms with Crippen LogP contribution in [-0.4, -0.2) is 28.2 Å². The summed E-state index contributed by atoms with van der Waals surface area (Å²) in [7, 11) is 2.15. The van der Waals surface area contributed by atoms with Crippen LogP contribution in [0.15, 0.2) is 48.9 Å². The molecule has 0 saturated carbocycles. The molecule has 3 unspecified atom stereocenters. The van der Waals surface area contributed by atoms with E-state index in [-0.39, 0.29) is 6.17 Å². The molecule has 5 nitrogen and oxygen atoms in total. The van der Waals surface area contributed by atoms with Crippen molar-refractivity contribution in [2.24, 2.45) is 5.92 Å². The van der Waals surface area contributed by atoms with Gasteiger partial charge in [0.2, 0.25) is 0 Å². The molecule has 5 rings (SSSR count). The Labute approximate surface area is 187 Å². The molecule has 2 aliphatic heterocycles. The molecule has 2 aromatic heterocycles. The molecule has 3 aromatic rings. The number of para-hydroxylation sites is 1. The number of benzene rings is 1. The number of hydrogen-bond donors (Lipinski definition) is 0.